The van der Waals surface area contributed by atoms with E-state index >= 15 is 0 Å². The molecule has 3 aromatic rings. The van der Waals surface area contributed by atoms with Crippen LogP contribution in [0.3, 0.4) is 0 Å². The van der Waals surface area contributed by atoms with Gasteiger partial charge in [0.2, 0.25) is 6.79 Å². The molecule has 0 aliphatic carbocycles. The van der Waals surface area contributed by atoms with Crippen molar-refractivity contribution in [2.75, 3.05) is 13.6 Å². The van der Waals surface area contributed by atoms with Crippen LogP contribution < -0.4 is 9.47 Å². The number of esters is 1. The normalized spacial score (nSPS) is 12.1. The average molecular weight is 579 g/mol. The number of benzene rings is 3. The summed E-state index contributed by atoms with van der Waals surface area (Å²) >= 11 is 0. The smallest absolute Gasteiger partial charge is 0.441 e. The van der Waals surface area contributed by atoms with Crippen LogP contribution in [0.4, 0.5) is 4.79 Å². The SMILES string of the molecule is C=C(C)C(=O)OCOC(=O)Oc1ccc(-c2cc(C)c(-c3ccc(OC(O)OCOC(O)C(=C)C)cc3)cc2C)cc1. The fourth-order valence-electron chi connectivity index (χ4n) is 3.69. The Morgan fingerprint density at radius 3 is 1.79 bits per heavy atom. The molecule has 0 heterocycles. The molecule has 42 heavy (non-hydrogen) atoms. The molecule has 10 nitrogen and oxygen atoms in total. The summed E-state index contributed by atoms with van der Waals surface area (Å²) in [5.74, 6) is -0.00725. The standard InChI is InChI=1S/C32H34O10/c1-19(2)29(33)37-17-39-31(35)41-25-11-7-23(8-12-25)27-15-22(6)28(16-21(27)5)24-9-13-26(14-10-24)42-32(36)40-18-38-30(34)20(3)4/h7-16,29,31,33,35H,1,3,17-18H2,2,4-6H3. The zero-order valence-electron chi connectivity index (χ0n) is 23.9. The van der Waals surface area contributed by atoms with Crippen LogP contribution in [-0.4, -0.2) is 48.7 Å². The molecule has 0 aliphatic rings. The lowest BCUT2D eigenvalue weighted by Gasteiger charge is -2.17. The van der Waals surface area contributed by atoms with Crippen molar-refractivity contribution in [1.29, 1.82) is 0 Å². The summed E-state index contributed by atoms with van der Waals surface area (Å²) < 4.78 is 29.8. The van der Waals surface area contributed by atoms with Crippen molar-refractivity contribution in [3.63, 3.8) is 0 Å². The van der Waals surface area contributed by atoms with Crippen molar-refractivity contribution < 1.29 is 48.2 Å². The van der Waals surface area contributed by atoms with Crippen LogP contribution in [-0.2, 0) is 23.7 Å². The maximum atomic E-state index is 11.8. The van der Waals surface area contributed by atoms with Crippen LogP contribution in [0.25, 0.3) is 22.3 Å². The largest absolute Gasteiger partial charge is 0.516 e. The van der Waals surface area contributed by atoms with Gasteiger partial charge in [0, 0.05) is 5.57 Å². The number of carbonyl (C=O) groups is 2. The molecule has 222 valence electrons. The average Bonchev–Trinajstić information content (AvgIpc) is 2.94. The van der Waals surface area contributed by atoms with Gasteiger partial charge in [0.05, 0.1) is 0 Å². The van der Waals surface area contributed by atoms with Gasteiger partial charge in [-0.05, 0) is 90.9 Å². The minimum Gasteiger partial charge on any atom is -0.441 e. The summed E-state index contributed by atoms with van der Waals surface area (Å²) in [5, 5.41) is 19.4. The fourth-order valence-corrected chi connectivity index (χ4v) is 3.69. The highest BCUT2D eigenvalue weighted by molar-refractivity contribution is 5.87. The third kappa shape index (κ3) is 9.28. The highest BCUT2D eigenvalue weighted by Crippen LogP contribution is 2.33. The van der Waals surface area contributed by atoms with Gasteiger partial charge in [0.1, 0.15) is 11.5 Å². The van der Waals surface area contributed by atoms with Gasteiger partial charge in [-0.25, -0.2) is 9.59 Å². The van der Waals surface area contributed by atoms with Crippen LogP contribution in [0.5, 0.6) is 11.5 Å². The molecular weight excluding hydrogens is 544 g/mol. The van der Waals surface area contributed by atoms with E-state index in [4.69, 9.17) is 28.4 Å². The lowest BCUT2D eigenvalue weighted by Crippen LogP contribution is -2.24. The minimum atomic E-state index is -1.58. The van der Waals surface area contributed by atoms with E-state index in [0.717, 1.165) is 33.4 Å². The van der Waals surface area contributed by atoms with E-state index in [-0.39, 0.29) is 18.1 Å². The van der Waals surface area contributed by atoms with Crippen LogP contribution in [0.2, 0.25) is 0 Å². The molecule has 0 saturated carbocycles. The van der Waals surface area contributed by atoms with E-state index in [0.29, 0.717) is 11.3 Å². The highest BCUT2D eigenvalue weighted by Gasteiger charge is 2.13. The van der Waals surface area contributed by atoms with E-state index in [9.17, 15) is 19.8 Å². The molecule has 0 bridgehead atoms. The highest BCUT2D eigenvalue weighted by atomic mass is 16.8. The van der Waals surface area contributed by atoms with Gasteiger partial charge >= 0.3 is 18.6 Å². The number of aryl methyl sites for hydroxylation is 2. The van der Waals surface area contributed by atoms with E-state index in [2.05, 4.69) is 25.3 Å². The predicted molar refractivity (Wildman–Crippen MR) is 154 cm³/mol. The lowest BCUT2D eigenvalue weighted by atomic mass is 9.92. The van der Waals surface area contributed by atoms with E-state index in [1.807, 2.05) is 38.1 Å². The molecule has 3 rings (SSSR count). The summed E-state index contributed by atoms with van der Waals surface area (Å²) in [5.41, 5.74) is 6.58. The molecule has 0 aliphatic heterocycles. The van der Waals surface area contributed by atoms with E-state index in [1.165, 1.54) is 6.92 Å². The number of hydrogen-bond donors (Lipinski definition) is 2. The second-order valence-electron chi connectivity index (χ2n) is 9.43. The van der Waals surface area contributed by atoms with Gasteiger partial charge < -0.3 is 33.9 Å². The van der Waals surface area contributed by atoms with Crippen molar-refractivity contribution in [1.82, 2.24) is 0 Å². The van der Waals surface area contributed by atoms with Gasteiger partial charge in [-0.1, -0.05) is 49.6 Å². The Kier molecular flexibility index (Phi) is 11.4. The first-order valence-corrected chi connectivity index (χ1v) is 12.9. The zero-order chi connectivity index (χ0) is 30.8. The topological polar surface area (TPSA) is 130 Å². The molecule has 2 atom stereocenters. The third-order valence-corrected chi connectivity index (χ3v) is 5.91. The van der Waals surface area contributed by atoms with Crippen LogP contribution in [0, 0.1) is 13.8 Å². The second-order valence-corrected chi connectivity index (χ2v) is 9.43. The Labute approximate surface area is 244 Å². The van der Waals surface area contributed by atoms with Gasteiger partial charge in [0.25, 0.3) is 0 Å². The molecule has 3 aromatic carbocycles. The van der Waals surface area contributed by atoms with E-state index < -0.39 is 31.7 Å². The summed E-state index contributed by atoms with van der Waals surface area (Å²) in [4.78, 5) is 23.2. The molecule has 2 N–H and O–H groups in total. The van der Waals surface area contributed by atoms with Crippen molar-refractivity contribution in [3.05, 3.63) is 96.1 Å². The Morgan fingerprint density at radius 2 is 1.29 bits per heavy atom. The Balaban J connectivity index is 1.60. The number of aliphatic hydroxyl groups is 2. The molecule has 10 heteroatoms. The predicted octanol–water partition coefficient (Wildman–Crippen LogP) is 5.77. The van der Waals surface area contributed by atoms with Crippen LogP contribution in [0.15, 0.2) is 85.0 Å². The summed E-state index contributed by atoms with van der Waals surface area (Å²) in [6.45, 7) is 11.6. The maximum Gasteiger partial charge on any atom is 0.516 e. The number of rotatable bonds is 13. The Bertz CT molecular complexity index is 1410. The number of carbonyl (C=O) groups excluding carboxylic acids is 2. The number of aliphatic hydroxyl groups excluding tert-OH is 2. The van der Waals surface area contributed by atoms with Crippen molar-refractivity contribution >= 4 is 12.1 Å². The second kappa shape index (κ2) is 14.9. The first-order valence-electron chi connectivity index (χ1n) is 12.9. The van der Waals surface area contributed by atoms with Gasteiger partial charge in [-0.2, -0.15) is 0 Å². The number of ether oxygens (including phenoxy) is 6. The Morgan fingerprint density at radius 1 is 0.762 bits per heavy atom. The molecular formula is C32H34O10. The molecule has 0 amide bonds. The van der Waals surface area contributed by atoms with Crippen molar-refractivity contribution in [3.8, 4) is 33.8 Å². The van der Waals surface area contributed by atoms with Crippen molar-refractivity contribution in [2.45, 2.75) is 40.5 Å². The maximum absolute atomic E-state index is 11.8. The molecule has 0 fully saturated rings. The molecule has 0 radical (unpaired) electrons. The molecule has 0 aromatic heterocycles. The zero-order valence-corrected chi connectivity index (χ0v) is 23.9. The van der Waals surface area contributed by atoms with Gasteiger partial charge in [-0.3, -0.25) is 4.74 Å². The summed E-state index contributed by atoms with van der Waals surface area (Å²) in [6, 6.07) is 18.3. The Hall–Kier alpha value is -4.48. The molecule has 0 saturated heterocycles. The van der Waals surface area contributed by atoms with Gasteiger partial charge in [-0.15, -0.1) is 0 Å². The number of hydrogen-bond acceptors (Lipinski definition) is 10. The first-order chi connectivity index (χ1) is 19.9. The lowest BCUT2D eigenvalue weighted by molar-refractivity contribution is -0.273. The molecule has 0 spiro atoms. The third-order valence-electron chi connectivity index (χ3n) is 5.91. The quantitative estimate of drug-likeness (QED) is 0.0848. The van der Waals surface area contributed by atoms with E-state index in [1.54, 1.807) is 31.2 Å². The first kappa shape index (κ1) is 32.0. The minimum absolute atomic E-state index is 0.191. The fraction of sp³-hybridized carbons (Fsp3) is 0.250. The molecule has 2 unspecified atom stereocenters. The monoisotopic (exact) mass is 578 g/mol. The van der Waals surface area contributed by atoms with Crippen LogP contribution >= 0.6 is 0 Å². The summed E-state index contributed by atoms with van der Waals surface area (Å²) in [6.07, 6.45) is -2.19. The van der Waals surface area contributed by atoms with Gasteiger partial charge in [0.15, 0.2) is 13.1 Å². The summed E-state index contributed by atoms with van der Waals surface area (Å²) in [7, 11) is 0. The van der Waals surface area contributed by atoms with Crippen LogP contribution in [0.1, 0.15) is 25.0 Å². The van der Waals surface area contributed by atoms with Crippen molar-refractivity contribution in [2.24, 2.45) is 0 Å².